The van der Waals surface area contributed by atoms with Crippen molar-refractivity contribution in [2.24, 2.45) is 0 Å². The van der Waals surface area contributed by atoms with E-state index in [2.05, 4.69) is 16.3 Å². The van der Waals surface area contributed by atoms with E-state index in [0.29, 0.717) is 33.2 Å². The number of benzene rings is 2. The number of nitrogens with one attached hydrogen (secondary N) is 1. The first kappa shape index (κ1) is 21.6. The third-order valence-electron chi connectivity index (χ3n) is 6.96. The minimum atomic E-state index is -0.0375. The van der Waals surface area contributed by atoms with Crippen LogP contribution < -0.4 is 15.6 Å². The molecular formula is C26H28N4O3S. The van der Waals surface area contributed by atoms with E-state index in [1.54, 1.807) is 19.2 Å². The largest absolute Gasteiger partial charge is 0.506 e. The number of hydrogen-bond acceptors (Lipinski definition) is 7. The number of phenolic OH excluding ortho intramolecular Hbond substituents is 1. The molecule has 4 aromatic rings. The van der Waals surface area contributed by atoms with Crippen LogP contribution in [0.3, 0.4) is 0 Å². The average Bonchev–Trinajstić information content (AvgIpc) is 3.64. The summed E-state index contributed by atoms with van der Waals surface area (Å²) in [4.78, 5) is 22.1. The fourth-order valence-electron chi connectivity index (χ4n) is 4.96. The molecule has 1 saturated carbocycles. The van der Waals surface area contributed by atoms with Crippen molar-refractivity contribution in [2.75, 3.05) is 39.8 Å². The maximum Gasteiger partial charge on any atom is 0.263 e. The number of nitrogens with zero attached hydrogens (tertiary/aromatic N) is 3. The molecule has 1 aliphatic carbocycles. The highest BCUT2D eigenvalue weighted by Crippen LogP contribution is 2.46. The van der Waals surface area contributed by atoms with Crippen molar-refractivity contribution < 1.29 is 9.84 Å². The average molecular weight is 477 g/mol. The fraction of sp³-hybridized carbons (Fsp3) is 0.385. The molecule has 0 unspecified atom stereocenters. The second kappa shape index (κ2) is 8.69. The van der Waals surface area contributed by atoms with E-state index in [1.807, 2.05) is 22.8 Å². The molecule has 6 rings (SSSR count). The highest BCUT2D eigenvalue weighted by Gasteiger charge is 2.29. The summed E-state index contributed by atoms with van der Waals surface area (Å²) in [5.41, 5.74) is 2.17. The summed E-state index contributed by atoms with van der Waals surface area (Å²) in [6.07, 6.45) is 2.29. The van der Waals surface area contributed by atoms with Crippen LogP contribution >= 0.6 is 11.3 Å². The summed E-state index contributed by atoms with van der Waals surface area (Å²) in [5.74, 6) is 2.21. The summed E-state index contributed by atoms with van der Waals surface area (Å²) in [7, 11) is 1.68. The van der Waals surface area contributed by atoms with Gasteiger partial charge < -0.3 is 15.2 Å². The lowest BCUT2D eigenvalue weighted by Gasteiger charge is -2.27. The Morgan fingerprint density at radius 1 is 1.18 bits per heavy atom. The van der Waals surface area contributed by atoms with Gasteiger partial charge >= 0.3 is 0 Å². The van der Waals surface area contributed by atoms with E-state index in [4.69, 9.17) is 9.72 Å². The lowest BCUT2D eigenvalue weighted by Crippen LogP contribution is -2.45. The van der Waals surface area contributed by atoms with E-state index in [9.17, 15) is 9.90 Å². The van der Waals surface area contributed by atoms with Gasteiger partial charge in [0.15, 0.2) is 0 Å². The highest BCUT2D eigenvalue weighted by molar-refractivity contribution is 7.25. The van der Waals surface area contributed by atoms with Crippen molar-refractivity contribution in [1.82, 2.24) is 19.8 Å². The number of ether oxygens (including phenoxy) is 1. The van der Waals surface area contributed by atoms with Gasteiger partial charge in [0.2, 0.25) is 0 Å². The first-order valence-corrected chi connectivity index (χ1v) is 12.7. The van der Waals surface area contributed by atoms with Gasteiger partial charge in [-0.05, 0) is 48.6 Å². The van der Waals surface area contributed by atoms with Crippen LogP contribution in [-0.2, 0) is 6.54 Å². The van der Waals surface area contributed by atoms with Crippen LogP contribution in [0.15, 0.2) is 41.2 Å². The zero-order chi connectivity index (χ0) is 23.2. The van der Waals surface area contributed by atoms with Crippen LogP contribution in [-0.4, -0.2) is 59.4 Å². The zero-order valence-electron chi connectivity index (χ0n) is 19.2. The number of aromatic nitrogens is 2. The second-order valence-electron chi connectivity index (χ2n) is 9.15. The van der Waals surface area contributed by atoms with Gasteiger partial charge in [0.25, 0.3) is 5.56 Å². The summed E-state index contributed by atoms with van der Waals surface area (Å²) < 4.78 is 8.07. The predicted molar refractivity (Wildman–Crippen MR) is 136 cm³/mol. The standard InChI is InChI=1S/C26H28N4O3S/c1-33-17-7-8-18(20(15-17)16-5-6-16)24-28-25-22(19-3-2-4-21(31)23(19)34-25)26(32)30(24)14-13-29-11-9-27-10-12-29/h2-4,7-8,15-16,27,31H,5-6,9-14H2,1H3. The molecule has 34 heavy (non-hydrogen) atoms. The SMILES string of the molecule is COc1ccc(-c2nc3sc4c(O)cccc4c3c(=O)n2CCN2CCNCC2)c(C2CC2)c1. The summed E-state index contributed by atoms with van der Waals surface area (Å²) in [5, 5.41) is 15.2. The third kappa shape index (κ3) is 3.76. The Morgan fingerprint density at radius 2 is 2.00 bits per heavy atom. The second-order valence-corrected chi connectivity index (χ2v) is 10.1. The summed E-state index contributed by atoms with van der Waals surface area (Å²) in [6.45, 7) is 5.26. The van der Waals surface area contributed by atoms with Crippen LogP contribution in [0, 0.1) is 0 Å². The number of fused-ring (bicyclic) bond motifs is 3. The van der Waals surface area contributed by atoms with E-state index in [1.165, 1.54) is 16.9 Å². The lowest BCUT2D eigenvalue weighted by atomic mass is 10.0. The Kier molecular flexibility index (Phi) is 5.51. The van der Waals surface area contributed by atoms with Crippen molar-refractivity contribution in [1.29, 1.82) is 0 Å². The van der Waals surface area contributed by atoms with Crippen molar-refractivity contribution in [3.8, 4) is 22.9 Å². The fourth-order valence-corrected chi connectivity index (χ4v) is 6.04. The lowest BCUT2D eigenvalue weighted by molar-refractivity contribution is 0.232. The molecular weight excluding hydrogens is 448 g/mol. The van der Waals surface area contributed by atoms with Gasteiger partial charge in [-0.25, -0.2) is 4.98 Å². The molecule has 3 heterocycles. The molecule has 7 nitrogen and oxygen atoms in total. The van der Waals surface area contributed by atoms with Gasteiger partial charge in [-0.3, -0.25) is 14.3 Å². The van der Waals surface area contributed by atoms with Crippen LogP contribution in [0.1, 0.15) is 24.3 Å². The normalized spacial score (nSPS) is 17.0. The molecule has 2 fully saturated rings. The molecule has 2 aromatic carbocycles. The third-order valence-corrected chi connectivity index (χ3v) is 8.09. The molecule has 0 radical (unpaired) electrons. The highest BCUT2D eigenvalue weighted by atomic mass is 32.1. The van der Waals surface area contributed by atoms with E-state index in [0.717, 1.165) is 62.3 Å². The van der Waals surface area contributed by atoms with E-state index < -0.39 is 0 Å². The van der Waals surface area contributed by atoms with Crippen molar-refractivity contribution in [2.45, 2.75) is 25.3 Å². The molecule has 1 saturated heterocycles. The summed E-state index contributed by atoms with van der Waals surface area (Å²) in [6, 6.07) is 11.5. The van der Waals surface area contributed by atoms with Crippen LogP contribution in [0.2, 0.25) is 0 Å². The molecule has 1 aliphatic heterocycles. The number of phenols is 1. The Balaban J connectivity index is 1.55. The quantitative estimate of drug-likeness (QED) is 0.441. The van der Waals surface area contributed by atoms with E-state index in [-0.39, 0.29) is 11.3 Å². The zero-order valence-corrected chi connectivity index (χ0v) is 20.0. The van der Waals surface area contributed by atoms with Crippen LogP contribution in [0.5, 0.6) is 11.5 Å². The topological polar surface area (TPSA) is 79.6 Å². The molecule has 176 valence electrons. The van der Waals surface area contributed by atoms with Crippen LogP contribution in [0.4, 0.5) is 0 Å². The first-order chi connectivity index (χ1) is 16.6. The molecule has 0 bridgehead atoms. The number of aromatic hydroxyl groups is 1. The van der Waals surface area contributed by atoms with Gasteiger partial charge in [0.1, 0.15) is 22.2 Å². The van der Waals surface area contributed by atoms with E-state index >= 15 is 0 Å². The van der Waals surface area contributed by atoms with Gasteiger partial charge in [-0.15, -0.1) is 11.3 Å². The molecule has 2 aliphatic rings. The van der Waals surface area contributed by atoms with Gasteiger partial charge in [0.05, 0.1) is 17.2 Å². The van der Waals surface area contributed by atoms with Crippen LogP contribution in [0.25, 0.3) is 31.7 Å². The molecule has 2 N–H and O–H groups in total. The Hall–Kier alpha value is -2.94. The molecule has 2 aromatic heterocycles. The smallest absolute Gasteiger partial charge is 0.263 e. The van der Waals surface area contributed by atoms with Gasteiger partial charge in [-0.2, -0.15) is 0 Å². The maximum atomic E-state index is 14.0. The number of piperazine rings is 1. The minimum absolute atomic E-state index is 0.0375. The molecule has 8 heteroatoms. The Bertz CT molecular complexity index is 1430. The van der Waals surface area contributed by atoms with Crippen molar-refractivity contribution in [3.05, 3.63) is 52.3 Å². The maximum absolute atomic E-state index is 14.0. The van der Waals surface area contributed by atoms with Gasteiger partial charge in [-0.1, -0.05) is 12.1 Å². The number of methoxy groups -OCH3 is 1. The molecule has 0 spiro atoms. The van der Waals surface area contributed by atoms with Crippen molar-refractivity contribution in [3.63, 3.8) is 0 Å². The number of hydrogen-bond donors (Lipinski definition) is 2. The predicted octanol–water partition coefficient (Wildman–Crippen LogP) is 3.78. The Morgan fingerprint density at radius 3 is 2.76 bits per heavy atom. The minimum Gasteiger partial charge on any atom is -0.506 e. The first-order valence-electron chi connectivity index (χ1n) is 11.9. The Labute approximate surface area is 201 Å². The number of thiophene rings is 1. The monoisotopic (exact) mass is 476 g/mol. The number of rotatable bonds is 6. The molecule has 0 amide bonds. The van der Waals surface area contributed by atoms with Gasteiger partial charge in [0, 0.05) is 50.2 Å². The molecule has 0 atom stereocenters. The van der Waals surface area contributed by atoms with Crippen molar-refractivity contribution >= 4 is 31.6 Å². The summed E-state index contributed by atoms with van der Waals surface area (Å²) >= 11 is 1.39.